The first-order valence-electron chi connectivity index (χ1n) is 6.25. The lowest BCUT2D eigenvalue weighted by atomic mass is 10.1. The molecule has 0 radical (unpaired) electrons. The molecule has 0 spiro atoms. The van der Waals surface area contributed by atoms with Crippen molar-refractivity contribution in [3.8, 4) is 11.8 Å². The highest BCUT2D eigenvalue weighted by atomic mass is 16.5. The molecule has 1 aromatic carbocycles. The molecule has 0 bridgehead atoms. The third kappa shape index (κ3) is 4.75. The number of aliphatic hydroxyl groups excluding tert-OH is 1. The zero-order chi connectivity index (χ0) is 15.0. The van der Waals surface area contributed by atoms with E-state index in [2.05, 4.69) is 17.2 Å². The molecule has 1 unspecified atom stereocenters. The van der Waals surface area contributed by atoms with Crippen LogP contribution in [0.25, 0.3) is 0 Å². The zero-order valence-corrected chi connectivity index (χ0v) is 11.5. The average Bonchev–Trinajstić information content (AvgIpc) is 2.45. The van der Waals surface area contributed by atoms with Crippen LogP contribution in [0.4, 0.5) is 0 Å². The number of amides is 1. The van der Waals surface area contributed by atoms with Crippen molar-refractivity contribution >= 4 is 11.9 Å². The molecule has 0 saturated carbocycles. The van der Waals surface area contributed by atoms with E-state index >= 15 is 0 Å². The topological polar surface area (TPSA) is 75.6 Å². The van der Waals surface area contributed by atoms with Gasteiger partial charge < -0.3 is 15.2 Å². The fourth-order valence-corrected chi connectivity index (χ4v) is 1.45. The number of carbonyl (C=O) groups is 2. The highest BCUT2D eigenvalue weighted by Gasteiger charge is 2.17. The third-order valence-corrected chi connectivity index (χ3v) is 2.45. The Hall–Kier alpha value is -2.32. The van der Waals surface area contributed by atoms with Gasteiger partial charge in [-0.2, -0.15) is 0 Å². The van der Waals surface area contributed by atoms with Crippen LogP contribution in [0.15, 0.2) is 24.3 Å². The molecular weight excluding hydrogens is 258 g/mol. The van der Waals surface area contributed by atoms with Crippen molar-refractivity contribution < 1.29 is 19.4 Å². The molecule has 5 heteroatoms. The van der Waals surface area contributed by atoms with Crippen LogP contribution >= 0.6 is 0 Å². The van der Waals surface area contributed by atoms with E-state index in [0.717, 1.165) is 0 Å². The van der Waals surface area contributed by atoms with Crippen LogP contribution in [0.2, 0.25) is 0 Å². The molecule has 0 aromatic heterocycles. The first kappa shape index (κ1) is 15.7. The molecule has 5 nitrogen and oxygen atoms in total. The third-order valence-electron chi connectivity index (χ3n) is 2.45. The maximum Gasteiger partial charge on any atom is 0.328 e. The highest BCUT2D eigenvalue weighted by Crippen LogP contribution is 2.04. The van der Waals surface area contributed by atoms with E-state index in [-0.39, 0.29) is 19.1 Å². The SMILES string of the molecule is CCOC(=O)C(C)NC(=O)c1ccc(C#CCO)cc1. The lowest BCUT2D eigenvalue weighted by molar-refractivity contribution is -0.144. The number of hydrogen-bond acceptors (Lipinski definition) is 4. The Morgan fingerprint density at radius 3 is 2.55 bits per heavy atom. The largest absolute Gasteiger partial charge is 0.464 e. The summed E-state index contributed by atoms with van der Waals surface area (Å²) >= 11 is 0. The van der Waals surface area contributed by atoms with Gasteiger partial charge in [-0.25, -0.2) is 4.79 Å². The molecule has 0 aliphatic carbocycles. The van der Waals surface area contributed by atoms with Crippen LogP contribution in [-0.2, 0) is 9.53 Å². The number of nitrogens with one attached hydrogen (secondary N) is 1. The number of rotatable bonds is 4. The fraction of sp³-hybridized carbons (Fsp3) is 0.333. The highest BCUT2D eigenvalue weighted by molar-refractivity contribution is 5.96. The summed E-state index contributed by atoms with van der Waals surface area (Å²) in [5.74, 6) is 4.43. The maximum atomic E-state index is 11.9. The minimum Gasteiger partial charge on any atom is -0.464 e. The second-order valence-electron chi connectivity index (χ2n) is 3.98. The smallest absolute Gasteiger partial charge is 0.328 e. The first-order chi connectivity index (χ1) is 9.58. The summed E-state index contributed by atoms with van der Waals surface area (Å²) < 4.78 is 4.81. The van der Waals surface area contributed by atoms with Crippen molar-refractivity contribution in [2.24, 2.45) is 0 Å². The van der Waals surface area contributed by atoms with E-state index in [4.69, 9.17) is 9.84 Å². The minimum atomic E-state index is -0.698. The lowest BCUT2D eigenvalue weighted by Crippen LogP contribution is -2.39. The fourth-order valence-electron chi connectivity index (χ4n) is 1.45. The van der Waals surface area contributed by atoms with E-state index in [1.807, 2.05) is 0 Å². The Morgan fingerprint density at radius 1 is 1.35 bits per heavy atom. The van der Waals surface area contributed by atoms with E-state index in [9.17, 15) is 9.59 Å². The average molecular weight is 275 g/mol. The van der Waals surface area contributed by atoms with Crippen LogP contribution in [0, 0.1) is 11.8 Å². The summed E-state index contributed by atoms with van der Waals surface area (Å²) in [5.41, 5.74) is 1.13. The van der Waals surface area contributed by atoms with Gasteiger partial charge in [-0.05, 0) is 38.1 Å². The molecule has 2 N–H and O–H groups in total. The Morgan fingerprint density at radius 2 is 2.00 bits per heavy atom. The van der Waals surface area contributed by atoms with Crippen LogP contribution in [0.5, 0.6) is 0 Å². The van der Waals surface area contributed by atoms with Gasteiger partial charge in [0.05, 0.1) is 6.61 Å². The Kier molecular flexibility index (Phi) is 6.27. The van der Waals surface area contributed by atoms with Crippen LogP contribution in [0.3, 0.4) is 0 Å². The lowest BCUT2D eigenvalue weighted by Gasteiger charge is -2.12. The van der Waals surface area contributed by atoms with Gasteiger partial charge in [-0.1, -0.05) is 11.8 Å². The molecule has 1 aromatic rings. The summed E-state index contributed by atoms with van der Waals surface area (Å²) in [6.45, 7) is 3.34. The van der Waals surface area contributed by atoms with E-state index < -0.39 is 12.0 Å². The molecule has 0 heterocycles. The van der Waals surface area contributed by atoms with Gasteiger partial charge >= 0.3 is 5.97 Å². The number of benzene rings is 1. The normalized spacial score (nSPS) is 10.9. The number of ether oxygens (including phenoxy) is 1. The number of hydrogen-bond donors (Lipinski definition) is 2. The Balaban J connectivity index is 2.66. The minimum absolute atomic E-state index is 0.209. The summed E-state index contributed by atoms with van der Waals surface area (Å²) in [5, 5.41) is 11.1. The van der Waals surface area contributed by atoms with Gasteiger partial charge in [0.1, 0.15) is 12.6 Å². The Labute approximate surface area is 117 Å². The molecule has 106 valence electrons. The first-order valence-corrected chi connectivity index (χ1v) is 6.25. The van der Waals surface area contributed by atoms with Gasteiger partial charge in [0.15, 0.2) is 0 Å². The van der Waals surface area contributed by atoms with E-state index in [1.165, 1.54) is 0 Å². The predicted molar refractivity (Wildman–Crippen MR) is 74.0 cm³/mol. The molecule has 0 aliphatic heterocycles. The van der Waals surface area contributed by atoms with Crippen molar-refractivity contribution in [1.29, 1.82) is 0 Å². The molecular formula is C15H17NO4. The monoisotopic (exact) mass is 275 g/mol. The van der Waals surface area contributed by atoms with Crippen molar-refractivity contribution in [1.82, 2.24) is 5.32 Å². The summed E-state index contributed by atoms with van der Waals surface area (Å²) in [4.78, 5) is 23.3. The van der Waals surface area contributed by atoms with Gasteiger partial charge in [-0.15, -0.1) is 0 Å². The van der Waals surface area contributed by atoms with Gasteiger partial charge in [-0.3, -0.25) is 4.79 Å². The summed E-state index contributed by atoms with van der Waals surface area (Å²) in [6, 6.07) is 5.86. The van der Waals surface area contributed by atoms with Crippen molar-refractivity contribution in [3.63, 3.8) is 0 Å². The molecule has 20 heavy (non-hydrogen) atoms. The van der Waals surface area contributed by atoms with Crippen molar-refractivity contribution in [3.05, 3.63) is 35.4 Å². The molecule has 1 amide bonds. The van der Waals surface area contributed by atoms with E-state index in [0.29, 0.717) is 11.1 Å². The maximum absolute atomic E-state index is 11.9. The molecule has 0 aliphatic rings. The quantitative estimate of drug-likeness (QED) is 0.627. The summed E-state index contributed by atoms with van der Waals surface area (Å²) in [6.07, 6.45) is 0. The number of carbonyl (C=O) groups excluding carboxylic acids is 2. The van der Waals surface area contributed by atoms with Gasteiger partial charge in [0.25, 0.3) is 5.91 Å². The zero-order valence-electron chi connectivity index (χ0n) is 11.5. The molecule has 0 saturated heterocycles. The predicted octanol–water partition coefficient (Wildman–Crippen LogP) is 0.712. The van der Waals surface area contributed by atoms with Crippen LogP contribution in [0.1, 0.15) is 29.8 Å². The Bertz CT molecular complexity index is 525. The van der Waals surface area contributed by atoms with Crippen molar-refractivity contribution in [2.45, 2.75) is 19.9 Å². The molecule has 1 rings (SSSR count). The summed E-state index contributed by atoms with van der Waals surface area (Å²) in [7, 11) is 0. The van der Waals surface area contributed by atoms with Crippen molar-refractivity contribution in [2.75, 3.05) is 13.2 Å². The van der Waals surface area contributed by atoms with E-state index in [1.54, 1.807) is 38.1 Å². The standard InChI is InChI=1S/C15H17NO4/c1-3-20-15(19)11(2)16-14(18)13-8-6-12(7-9-13)5-4-10-17/h6-9,11,17H,3,10H2,1-2H3,(H,16,18). The van der Waals surface area contributed by atoms with Crippen LogP contribution < -0.4 is 5.32 Å². The second kappa shape index (κ2) is 7.97. The molecule has 1 atom stereocenters. The van der Waals surface area contributed by atoms with Gasteiger partial charge in [0, 0.05) is 11.1 Å². The molecule has 0 fully saturated rings. The van der Waals surface area contributed by atoms with Gasteiger partial charge in [0.2, 0.25) is 0 Å². The van der Waals surface area contributed by atoms with Crippen LogP contribution in [-0.4, -0.2) is 36.2 Å². The number of aliphatic hydroxyl groups is 1. The number of esters is 1. The second-order valence-corrected chi connectivity index (χ2v) is 3.98.